The first-order valence-electron chi connectivity index (χ1n) is 7.08. The lowest BCUT2D eigenvalue weighted by atomic mass is 10.1. The van der Waals surface area contributed by atoms with Crippen molar-refractivity contribution in [3.63, 3.8) is 0 Å². The van der Waals surface area contributed by atoms with Crippen LogP contribution in [0.1, 0.15) is 22.3 Å². The van der Waals surface area contributed by atoms with Crippen molar-refractivity contribution in [3.8, 4) is 5.75 Å². The zero-order valence-corrected chi connectivity index (χ0v) is 12.5. The van der Waals surface area contributed by atoms with Gasteiger partial charge in [-0.2, -0.15) is 10.2 Å². The minimum Gasteiger partial charge on any atom is -0.507 e. The van der Waals surface area contributed by atoms with Gasteiger partial charge in [0.15, 0.2) is 5.78 Å². The fourth-order valence-corrected chi connectivity index (χ4v) is 2.04. The van der Waals surface area contributed by atoms with Crippen LogP contribution in [0.2, 0.25) is 0 Å². The van der Waals surface area contributed by atoms with Gasteiger partial charge < -0.3 is 9.90 Å². The van der Waals surface area contributed by atoms with Gasteiger partial charge in [0.05, 0.1) is 16.9 Å². The number of nitrogens with zero attached hydrogens (tertiary/aromatic N) is 2. The number of hydrogen-bond donors (Lipinski definition) is 1. The Labute approximate surface area is 134 Å². The second kappa shape index (κ2) is 7.79. The molecule has 0 aliphatic carbocycles. The monoisotopic (exact) mass is 308 g/mol. The molecule has 0 atom stereocenters. The summed E-state index contributed by atoms with van der Waals surface area (Å²) >= 11 is 0. The Bertz CT molecular complexity index is 767. The molecule has 2 aromatic rings. The number of hydrogen-bond acceptors (Lipinski definition) is 5. The Balaban J connectivity index is 2.29. The van der Waals surface area contributed by atoms with Crippen LogP contribution < -0.4 is 0 Å². The molecule has 1 N–H and O–H groups in total. The van der Waals surface area contributed by atoms with Gasteiger partial charge in [-0.25, -0.2) is 0 Å². The van der Waals surface area contributed by atoms with Crippen LogP contribution in [0, 0.1) is 0 Å². The Hall–Kier alpha value is -3.08. The van der Waals surface area contributed by atoms with E-state index in [4.69, 9.17) is 0 Å². The molecule has 2 aromatic carbocycles. The van der Waals surface area contributed by atoms with Gasteiger partial charge >= 0.3 is 0 Å². The lowest BCUT2D eigenvalue weighted by molar-refractivity contribution is -0.107. The highest BCUT2D eigenvalue weighted by Crippen LogP contribution is 2.27. The molecule has 0 heterocycles. The second-order valence-electron chi connectivity index (χ2n) is 4.80. The summed E-state index contributed by atoms with van der Waals surface area (Å²) in [7, 11) is 0. The number of azo groups is 1. The fourth-order valence-electron chi connectivity index (χ4n) is 2.04. The van der Waals surface area contributed by atoms with Crippen molar-refractivity contribution in [1.82, 2.24) is 0 Å². The second-order valence-corrected chi connectivity index (χ2v) is 4.80. The summed E-state index contributed by atoms with van der Waals surface area (Å²) in [5.41, 5.74) is 2.16. The van der Waals surface area contributed by atoms with Crippen LogP contribution in [-0.2, 0) is 11.2 Å². The van der Waals surface area contributed by atoms with Gasteiger partial charge in [-0.05, 0) is 42.3 Å². The third kappa shape index (κ3) is 4.20. The topological polar surface area (TPSA) is 79.1 Å². The number of carbonyl (C=O) groups excluding carboxylic acids is 2. The van der Waals surface area contributed by atoms with E-state index in [-0.39, 0.29) is 17.1 Å². The predicted octanol–water partition coefficient (Wildman–Crippen LogP) is 4.31. The molecule has 0 spiro atoms. The van der Waals surface area contributed by atoms with Crippen molar-refractivity contribution < 1.29 is 14.7 Å². The van der Waals surface area contributed by atoms with Gasteiger partial charge in [0, 0.05) is 6.42 Å². The van der Waals surface area contributed by atoms with Crippen LogP contribution in [0.5, 0.6) is 5.75 Å². The summed E-state index contributed by atoms with van der Waals surface area (Å²) in [6.45, 7) is 3.40. The molecule has 23 heavy (non-hydrogen) atoms. The summed E-state index contributed by atoms with van der Waals surface area (Å²) in [6.07, 6.45) is 3.00. The zero-order valence-electron chi connectivity index (χ0n) is 12.5. The minimum absolute atomic E-state index is 0.125. The largest absolute Gasteiger partial charge is 0.507 e. The lowest BCUT2D eigenvalue weighted by Gasteiger charge is -2.03. The average Bonchev–Trinajstić information content (AvgIpc) is 2.59. The van der Waals surface area contributed by atoms with Crippen molar-refractivity contribution in [3.05, 3.63) is 66.2 Å². The standard InChI is InChI=1S/C18H16N2O3/c1-2-17(22)15-12-14(9-10-18(15)23)19-20-16-8-4-3-6-13(16)7-5-11-21/h2-4,6,8-12,23H,1,5,7H2/b20-19+. The van der Waals surface area contributed by atoms with Crippen molar-refractivity contribution >= 4 is 23.4 Å². The summed E-state index contributed by atoms with van der Waals surface area (Å²) < 4.78 is 0. The van der Waals surface area contributed by atoms with Gasteiger partial charge in [-0.1, -0.05) is 24.8 Å². The molecule has 0 aromatic heterocycles. The molecule has 0 amide bonds. The molecule has 116 valence electrons. The molecular formula is C18H16N2O3. The Morgan fingerprint density at radius 2 is 1.96 bits per heavy atom. The highest BCUT2D eigenvalue weighted by Gasteiger charge is 2.08. The number of rotatable bonds is 7. The zero-order chi connectivity index (χ0) is 16.7. The molecule has 2 rings (SSSR count). The van der Waals surface area contributed by atoms with Gasteiger partial charge in [-0.15, -0.1) is 0 Å². The maximum absolute atomic E-state index is 11.6. The molecule has 5 nitrogen and oxygen atoms in total. The van der Waals surface area contributed by atoms with Gasteiger partial charge in [-0.3, -0.25) is 4.79 Å². The molecule has 0 aliphatic heterocycles. The highest BCUT2D eigenvalue weighted by molar-refractivity contribution is 6.06. The Morgan fingerprint density at radius 1 is 1.17 bits per heavy atom. The van der Waals surface area contributed by atoms with E-state index in [9.17, 15) is 14.7 Å². The number of phenolic OH excluding ortho intramolecular Hbond substituents is 1. The number of allylic oxidation sites excluding steroid dienone is 1. The summed E-state index contributed by atoms with van der Waals surface area (Å²) in [4.78, 5) is 22.2. The number of phenols is 1. The van der Waals surface area contributed by atoms with E-state index < -0.39 is 0 Å². The first-order valence-corrected chi connectivity index (χ1v) is 7.08. The lowest BCUT2D eigenvalue weighted by Crippen LogP contribution is -1.93. The number of benzene rings is 2. The number of carbonyl (C=O) groups is 2. The number of ketones is 1. The van der Waals surface area contributed by atoms with Crippen LogP contribution in [0.25, 0.3) is 0 Å². The van der Waals surface area contributed by atoms with Gasteiger partial charge in [0.25, 0.3) is 0 Å². The third-order valence-corrected chi connectivity index (χ3v) is 3.23. The molecule has 5 heteroatoms. The van der Waals surface area contributed by atoms with Gasteiger partial charge in [0.1, 0.15) is 12.0 Å². The predicted molar refractivity (Wildman–Crippen MR) is 87.6 cm³/mol. The molecule has 0 fully saturated rings. The highest BCUT2D eigenvalue weighted by atomic mass is 16.3. The average molecular weight is 308 g/mol. The Morgan fingerprint density at radius 3 is 2.70 bits per heavy atom. The van der Waals surface area contributed by atoms with E-state index in [1.54, 1.807) is 12.1 Å². The molecule has 0 bridgehead atoms. The maximum atomic E-state index is 11.6. The minimum atomic E-state index is -0.383. The molecule has 0 radical (unpaired) electrons. The molecule has 0 saturated carbocycles. The molecule has 0 saturated heterocycles. The van der Waals surface area contributed by atoms with Crippen molar-refractivity contribution in [2.45, 2.75) is 12.8 Å². The first-order chi connectivity index (χ1) is 11.2. The van der Waals surface area contributed by atoms with Crippen molar-refractivity contribution in [2.24, 2.45) is 10.2 Å². The summed E-state index contributed by atoms with van der Waals surface area (Å²) in [6, 6.07) is 11.8. The van der Waals surface area contributed by atoms with E-state index >= 15 is 0 Å². The van der Waals surface area contributed by atoms with Crippen molar-refractivity contribution in [1.29, 1.82) is 0 Å². The smallest absolute Gasteiger partial charge is 0.189 e. The van der Waals surface area contributed by atoms with Crippen LogP contribution >= 0.6 is 0 Å². The van der Waals surface area contributed by atoms with Gasteiger partial charge in [0.2, 0.25) is 0 Å². The third-order valence-electron chi connectivity index (χ3n) is 3.23. The fraction of sp³-hybridized carbons (Fsp3) is 0.111. The Kier molecular flexibility index (Phi) is 5.52. The van der Waals surface area contributed by atoms with E-state index in [0.29, 0.717) is 24.2 Å². The first kappa shape index (κ1) is 16.3. The van der Waals surface area contributed by atoms with Crippen LogP contribution in [0.3, 0.4) is 0 Å². The normalized spacial score (nSPS) is 10.6. The summed E-state index contributed by atoms with van der Waals surface area (Å²) in [5.74, 6) is -0.508. The van der Waals surface area contributed by atoms with E-state index in [1.165, 1.54) is 12.1 Å². The molecule has 0 unspecified atom stereocenters. The molecule has 0 aliphatic rings. The van der Waals surface area contributed by atoms with Crippen LogP contribution in [0.15, 0.2) is 65.3 Å². The van der Waals surface area contributed by atoms with Crippen LogP contribution in [-0.4, -0.2) is 17.2 Å². The quantitative estimate of drug-likeness (QED) is 0.358. The maximum Gasteiger partial charge on any atom is 0.189 e. The SMILES string of the molecule is C=CC(=O)c1cc(/N=N/c2ccccc2CCC=O)ccc1O. The number of aryl methyl sites for hydroxylation is 1. The number of aldehydes is 1. The van der Waals surface area contributed by atoms with E-state index in [0.717, 1.165) is 17.9 Å². The number of aromatic hydroxyl groups is 1. The van der Waals surface area contributed by atoms with E-state index in [1.807, 2.05) is 18.2 Å². The van der Waals surface area contributed by atoms with E-state index in [2.05, 4.69) is 16.8 Å². The summed E-state index contributed by atoms with van der Waals surface area (Å²) in [5, 5.41) is 18.0. The molecular weight excluding hydrogens is 292 g/mol. The van der Waals surface area contributed by atoms with Crippen molar-refractivity contribution in [2.75, 3.05) is 0 Å². The van der Waals surface area contributed by atoms with Crippen LogP contribution in [0.4, 0.5) is 11.4 Å².